The number of alkyl carbamates (subject to hydrolysis) is 1. The van der Waals surface area contributed by atoms with Gasteiger partial charge in [-0.2, -0.15) is 0 Å². The number of hydrogen-bond donors (Lipinski definition) is 1. The molecule has 1 saturated heterocycles. The van der Waals surface area contributed by atoms with Gasteiger partial charge in [-0.1, -0.05) is 30.3 Å². The Morgan fingerprint density at radius 3 is 2.82 bits per heavy atom. The summed E-state index contributed by atoms with van der Waals surface area (Å²) >= 11 is 0. The minimum Gasteiger partial charge on any atom is -0.785 e. The van der Waals surface area contributed by atoms with E-state index in [2.05, 4.69) is 5.32 Å². The highest BCUT2D eigenvalue weighted by Crippen LogP contribution is 2.15. The number of carbonyl (C=O) groups is 1. The van der Waals surface area contributed by atoms with Gasteiger partial charge >= 0.3 is 6.09 Å². The molecule has 0 saturated carbocycles. The van der Waals surface area contributed by atoms with Crippen molar-refractivity contribution >= 4 is 6.09 Å². The molecule has 5 nitrogen and oxygen atoms in total. The van der Waals surface area contributed by atoms with Crippen molar-refractivity contribution in [3.05, 3.63) is 41.1 Å². The Labute approximate surface area is 99.9 Å². The fraction of sp³-hybridized carbons (Fsp3) is 0.417. The minimum absolute atomic E-state index is 0.101. The molecule has 5 heteroatoms. The highest BCUT2D eigenvalue weighted by Gasteiger charge is 2.30. The Hall–Kier alpha value is -1.59. The summed E-state index contributed by atoms with van der Waals surface area (Å²) in [6, 6.07) is 9.19. The van der Waals surface area contributed by atoms with E-state index in [1.807, 2.05) is 30.3 Å². The van der Waals surface area contributed by atoms with Crippen molar-refractivity contribution in [3.8, 4) is 0 Å². The third-order valence-corrected chi connectivity index (χ3v) is 2.93. The predicted octanol–water partition coefficient (Wildman–Crippen LogP) is 1.48. The van der Waals surface area contributed by atoms with Gasteiger partial charge in [0.1, 0.15) is 6.61 Å². The van der Waals surface area contributed by atoms with Gasteiger partial charge in [-0.3, -0.25) is 0 Å². The molecule has 2 rings (SSSR count). The Bertz CT molecular complexity index is 383. The Morgan fingerprint density at radius 1 is 1.53 bits per heavy atom. The smallest absolute Gasteiger partial charge is 0.407 e. The third-order valence-electron chi connectivity index (χ3n) is 2.93. The summed E-state index contributed by atoms with van der Waals surface area (Å²) in [5, 5.41) is 14.5. The lowest BCUT2D eigenvalue weighted by molar-refractivity contribution is 0.0860. The van der Waals surface area contributed by atoms with Gasteiger partial charge in [0.05, 0.1) is 6.04 Å². The van der Waals surface area contributed by atoms with Crippen LogP contribution in [0.4, 0.5) is 4.79 Å². The van der Waals surface area contributed by atoms with Crippen LogP contribution in [0.15, 0.2) is 30.3 Å². The number of rotatable bonds is 3. The number of benzene rings is 1. The standard InChI is InChI=1S/C12H15N2O3/c1-9-11(7-14(9)16)13-12(15)17-8-10-5-3-2-4-6-10/h2-6,9,11H,7-8H2,1H3,(H,13,15)/q-1/t9?,11-/m0/s1. The first-order valence-electron chi connectivity index (χ1n) is 5.58. The summed E-state index contributed by atoms with van der Waals surface area (Å²) in [6.45, 7) is 2.36. The van der Waals surface area contributed by atoms with E-state index in [4.69, 9.17) is 4.74 Å². The molecule has 0 spiro atoms. The predicted molar refractivity (Wildman–Crippen MR) is 63.1 cm³/mol. The van der Waals surface area contributed by atoms with E-state index in [0.717, 1.165) is 10.6 Å². The van der Waals surface area contributed by atoms with E-state index >= 15 is 0 Å². The molecular weight excluding hydrogens is 220 g/mol. The van der Waals surface area contributed by atoms with Gasteiger partial charge in [0.25, 0.3) is 0 Å². The van der Waals surface area contributed by atoms with Crippen LogP contribution in [0.25, 0.3) is 0 Å². The van der Waals surface area contributed by atoms with E-state index in [0.29, 0.717) is 6.54 Å². The lowest BCUT2D eigenvalue weighted by atomic mass is 10.0. The van der Waals surface area contributed by atoms with E-state index in [9.17, 15) is 10.0 Å². The molecule has 92 valence electrons. The van der Waals surface area contributed by atoms with Gasteiger partial charge in [0.15, 0.2) is 0 Å². The Balaban J connectivity index is 1.72. The lowest BCUT2D eigenvalue weighted by Gasteiger charge is -2.51. The van der Waals surface area contributed by atoms with Gasteiger partial charge in [-0.05, 0) is 12.5 Å². The van der Waals surface area contributed by atoms with E-state index in [1.54, 1.807) is 6.92 Å². The highest BCUT2D eigenvalue weighted by molar-refractivity contribution is 5.68. The van der Waals surface area contributed by atoms with E-state index in [1.165, 1.54) is 0 Å². The van der Waals surface area contributed by atoms with Crippen molar-refractivity contribution in [1.82, 2.24) is 10.4 Å². The first-order valence-corrected chi connectivity index (χ1v) is 5.58. The quantitative estimate of drug-likeness (QED) is 0.861. The molecule has 1 aromatic rings. The van der Waals surface area contributed by atoms with Crippen LogP contribution in [0.2, 0.25) is 0 Å². The van der Waals surface area contributed by atoms with Crippen molar-refractivity contribution in [2.45, 2.75) is 25.6 Å². The summed E-state index contributed by atoms with van der Waals surface area (Å²) in [7, 11) is 0. The molecule has 17 heavy (non-hydrogen) atoms. The fourth-order valence-electron chi connectivity index (χ4n) is 1.66. The zero-order valence-corrected chi connectivity index (χ0v) is 9.63. The van der Waals surface area contributed by atoms with Gasteiger partial charge in [-0.25, -0.2) is 4.79 Å². The van der Waals surface area contributed by atoms with Gasteiger partial charge in [-0.15, -0.1) is 0 Å². The Morgan fingerprint density at radius 2 is 2.24 bits per heavy atom. The highest BCUT2D eigenvalue weighted by atomic mass is 16.5. The maximum atomic E-state index is 11.4. The molecule has 1 unspecified atom stereocenters. The summed E-state index contributed by atoms with van der Waals surface area (Å²) in [6.07, 6.45) is -0.473. The van der Waals surface area contributed by atoms with E-state index < -0.39 is 6.09 Å². The van der Waals surface area contributed by atoms with Crippen LogP contribution < -0.4 is 5.32 Å². The van der Waals surface area contributed by atoms with Crippen molar-refractivity contribution in [3.63, 3.8) is 0 Å². The monoisotopic (exact) mass is 235 g/mol. The molecule has 0 aromatic heterocycles. The van der Waals surface area contributed by atoms with Crippen molar-refractivity contribution in [1.29, 1.82) is 0 Å². The molecule has 1 amide bonds. The molecule has 1 heterocycles. The maximum absolute atomic E-state index is 11.4. The maximum Gasteiger partial charge on any atom is 0.407 e. The SMILES string of the molecule is CC1[C@@H](NC(=O)OCc2ccccc2)CN1[O-]. The van der Waals surface area contributed by atoms with Crippen LogP contribution >= 0.6 is 0 Å². The summed E-state index contributed by atoms with van der Waals surface area (Å²) in [5.74, 6) is 0. The second kappa shape index (κ2) is 5.16. The number of nitrogens with one attached hydrogen (secondary N) is 1. The van der Waals surface area contributed by atoms with Crippen LogP contribution in [0.1, 0.15) is 12.5 Å². The van der Waals surface area contributed by atoms with Crippen molar-refractivity contribution in [2.75, 3.05) is 6.54 Å². The number of amides is 1. The first kappa shape index (κ1) is 11.9. The molecular formula is C12H15N2O3-. The lowest BCUT2D eigenvalue weighted by Crippen LogP contribution is -2.63. The Kier molecular flexibility index (Phi) is 3.61. The van der Waals surface area contributed by atoms with Crippen LogP contribution in [0, 0.1) is 5.21 Å². The number of hydrogen-bond acceptors (Lipinski definition) is 4. The van der Waals surface area contributed by atoms with Crippen LogP contribution in [0.5, 0.6) is 0 Å². The molecule has 1 aliphatic heterocycles. The van der Waals surface area contributed by atoms with Gasteiger partial charge in [0, 0.05) is 12.6 Å². The average molecular weight is 235 g/mol. The summed E-state index contributed by atoms with van der Waals surface area (Å²) in [5.41, 5.74) is 0.940. The fourth-order valence-corrected chi connectivity index (χ4v) is 1.66. The number of nitrogens with zero attached hydrogens (tertiary/aromatic N) is 1. The second-order valence-corrected chi connectivity index (χ2v) is 4.15. The molecule has 0 bridgehead atoms. The van der Waals surface area contributed by atoms with Crippen LogP contribution in [-0.4, -0.2) is 29.8 Å². The summed E-state index contributed by atoms with van der Waals surface area (Å²) < 4.78 is 5.05. The minimum atomic E-state index is -0.473. The molecule has 1 aliphatic rings. The third kappa shape index (κ3) is 2.95. The zero-order chi connectivity index (χ0) is 12.3. The average Bonchev–Trinajstić information content (AvgIpc) is 2.37. The zero-order valence-electron chi connectivity index (χ0n) is 9.63. The number of ether oxygens (including phenoxy) is 1. The second-order valence-electron chi connectivity index (χ2n) is 4.15. The molecule has 1 N–H and O–H groups in total. The largest absolute Gasteiger partial charge is 0.785 e. The van der Waals surface area contributed by atoms with Crippen LogP contribution in [0.3, 0.4) is 0 Å². The first-order chi connectivity index (χ1) is 8.16. The molecule has 2 atom stereocenters. The number of hydroxylamine groups is 2. The summed E-state index contributed by atoms with van der Waals surface area (Å²) in [4.78, 5) is 11.4. The van der Waals surface area contributed by atoms with Crippen molar-refractivity contribution < 1.29 is 9.53 Å². The van der Waals surface area contributed by atoms with Gasteiger partial charge in [0.2, 0.25) is 0 Å². The van der Waals surface area contributed by atoms with Gasteiger partial charge < -0.3 is 20.3 Å². The van der Waals surface area contributed by atoms with Crippen LogP contribution in [-0.2, 0) is 11.3 Å². The topological polar surface area (TPSA) is 64.6 Å². The normalized spacial score (nSPS) is 23.9. The number of carbonyl (C=O) groups excluding carboxylic acids is 1. The molecule has 0 radical (unpaired) electrons. The molecule has 1 aromatic carbocycles. The van der Waals surface area contributed by atoms with Crippen molar-refractivity contribution in [2.24, 2.45) is 0 Å². The van der Waals surface area contributed by atoms with E-state index in [-0.39, 0.29) is 18.7 Å². The molecule has 1 fully saturated rings. The molecule has 0 aliphatic carbocycles.